The third kappa shape index (κ3) is 2.58. The molecule has 0 radical (unpaired) electrons. The number of nitrogens with two attached hydrogens (primary N) is 1. The highest BCUT2D eigenvalue weighted by Gasteiger charge is 2.10. The van der Waals surface area contributed by atoms with Crippen molar-refractivity contribution >= 4 is 23.2 Å². The van der Waals surface area contributed by atoms with Gasteiger partial charge in [0.25, 0.3) is 0 Å². The first-order chi connectivity index (χ1) is 8.65. The van der Waals surface area contributed by atoms with Gasteiger partial charge in [-0.25, -0.2) is 0 Å². The molecule has 0 aliphatic carbocycles. The number of hydrogen-bond donors (Lipinski definition) is 1. The van der Waals surface area contributed by atoms with Crippen molar-refractivity contribution in [1.82, 2.24) is 4.98 Å². The van der Waals surface area contributed by atoms with E-state index in [1.165, 1.54) is 0 Å². The number of ether oxygens (including phenoxy) is 1. The number of pyridine rings is 1. The molecule has 0 unspecified atom stereocenters. The lowest BCUT2D eigenvalue weighted by Gasteiger charge is -2.09. The number of halogens is 2. The monoisotopic (exact) mass is 282 g/mol. The van der Waals surface area contributed by atoms with Crippen molar-refractivity contribution < 1.29 is 4.74 Å². The first-order valence-electron chi connectivity index (χ1n) is 5.33. The Morgan fingerprint density at radius 2 is 1.94 bits per heavy atom. The van der Waals surface area contributed by atoms with Gasteiger partial charge < -0.3 is 10.5 Å². The molecule has 5 heteroatoms. The maximum atomic E-state index is 6.21. The molecule has 0 atom stereocenters. The van der Waals surface area contributed by atoms with Gasteiger partial charge in [0.15, 0.2) is 0 Å². The molecule has 0 fully saturated rings. The van der Waals surface area contributed by atoms with Gasteiger partial charge in [-0.2, -0.15) is 0 Å². The summed E-state index contributed by atoms with van der Waals surface area (Å²) in [6.07, 6.45) is 3.45. The summed E-state index contributed by atoms with van der Waals surface area (Å²) >= 11 is 12.3. The van der Waals surface area contributed by atoms with Crippen molar-refractivity contribution in [2.24, 2.45) is 5.73 Å². The molecule has 1 heterocycles. The van der Waals surface area contributed by atoms with Crippen molar-refractivity contribution in [3.63, 3.8) is 0 Å². The number of methoxy groups -OCH3 is 1. The molecule has 0 bridgehead atoms. The highest BCUT2D eigenvalue weighted by atomic mass is 35.5. The Kier molecular flexibility index (Phi) is 4.07. The Morgan fingerprint density at radius 3 is 2.61 bits per heavy atom. The molecule has 18 heavy (non-hydrogen) atoms. The van der Waals surface area contributed by atoms with Crippen LogP contribution in [-0.4, -0.2) is 12.1 Å². The fraction of sp³-hybridized carbons (Fsp3) is 0.154. The third-order valence-corrected chi connectivity index (χ3v) is 3.19. The third-order valence-electron chi connectivity index (χ3n) is 2.58. The minimum Gasteiger partial charge on any atom is -0.495 e. The Bertz CT molecular complexity index is 573. The molecule has 2 rings (SSSR count). The summed E-state index contributed by atoms with van der Waals surface area (Å²) in [7, 11) is 1.55. The van der Waals surface area contributed by atoms with Gasteiger partial charge in [0.05, 0.1) is 17.2 Å². The molecule has 0 amide bonds. The Morgan fingerprint density at radius 1 is 1.17 bits per heavy atom. The number of hydrogen-bond acceptors (Lipinski definition) is 3. The molecular weight excluding hydrogens is 271 g/mol. The minimum absolute atomic E-state index is 0.433. The maximum absolute atomic E-state index is 6.21. The molecule has 94 valence electrons. The summed E-state index contributed by atoms with van der Waals surface area (Å²) in [6, 6.07) is 5.39. The van der Waals surface area contributed by atoms with Crippen LogP contribution in [0, 0.1) is 0 Å². The fourth-order valence-corrected chi connectivity index (χ4v) is 2.16. The summed E-state index contributed by atoms with van der Waals surface area (Å²) in [5.41, 5.74) is 8.22. The van der Waals surface area contributed by atoms with Crippen LogP contribution in [0.15, 0.2) is 30.6 Å². The number of aromatic nitrogens is 1. The molecule has 0 saturated carbocycles. The van der Waals surface area contributed by atoms with Crippen molar-refractivity contribution in [2.75, 3.05) is 7.11 Å². The molecule has 2 aromatic rings. The molecule has 0 spiro atoms. The van der Waals surface area contributed by atoms with Crippen LogP contribution in [0.4, 0.5) is 0 Å². The zero-order valence-electron chi connectivity index (χ0n) is 9.78. The zero-order chi connectivity index (χ0) is 13.1. The lowest BCUT2D eigenvalue weighted by Crippen LogP contribution is -1.97. The van der Waals surface area contributed by atoms with Crippen molar-refractivity contribution in [3.05, 3.63) is 46.2 Å². The molecule has 0 aliphatic rings. The van der Waals surface area contributed by atoms with Gasteiger partial charge in [-0.15, -0.1) is 0 Å². The lowest BCUT2D eigenvalue weighted by molar-refractivity contribution is 0.415. The fourth-order valence-electron chi connectivity index (χ4n) is 1.65. The van der Waals surface area contributed by atoms with Gasteiger partial charge >= 0.3 is 0 Å². The smallest absolute Gasteiger partial charge is 0.138 e. The van der Waals surface area contributed by atoms with Crippen LogP contribution in [-0.2, 0) is 6.54 Å². The van der Waals surface area contributed by atoms with E-state index in [1.54, 1.807) is 31.6 Å². The molecular formula is C13H12Cl2N2O. The normalized spacial score (nSPS) is 10.4. The van der Waals surface area contributed by atoms with Crippen LogP contribution in [0.2, 0.25) is 10.0 Å². The Labute approximate surface area is 115 Å². The van der Waals surface area contributed by atoms with Crippen LogP contribution in [0.25, 0.3) is 11.1 Å². The summed E-state index contributed by atoms with van der Waals surface area (Å²) < 4.78 is 5.11. The number of rotatable bonds is 3. The zero-order valence-corrected chi connectivity index (χ0v) is 11.3. The second-order valence-corrected chi connectivity index (χ2v) is 4.57. The van der Waals surface area contributed by atoms with E-state index in [9.17, 15) is 0 Å². The standard InChI is InChI=1S/C13H12Cl2N2O/c1-18-13-4-11(14)10(3-12(13)15)9-2-8(5-16)6-17-7-9/h2-4,6-7H,5,16H2,1H3. The second kappa shape index (κ2) is 5.57. The topological polar surface area (TPSA) is 48.1 Å². The predicted octanol–water partition coefficient (Wildman–Crippen LogP) is 3.52. The lowest BCUT2D eigenvalue weighted by atomic mass is 10.1. The van der Waals surface area contributed by atoms with Gasteiger partial charge in [-0.05, 0) is 17.7 Å². The summed E-state index contributed by atoms with van der Waals surface area (Å²) in [5, 5.41) is 1.07. The van der Waals surface area contributed by atoms with Crippen molar-refractivity contribution in [1.29, 1.82) is 0 Å². The molecule has 0 saturated heterocycles. The summed E-state index contributed by atoms with van der Waals surface area (Å²) in [4.78, 5) is 4.13. The molecule has 0 aliphatic heterocycles. The van der Waals surface area contributed by atoms with Gasteiger partial charge in [0, 0.05) is 36.1 Å². The average Bonchev–Trinajstić information content (AvgIpc) is 2.41. The molecule has 3 nitrogen and oxygen atoms in total. The highest BCUT2D eigenvalue weighted by molar-refractivity contribution is 6.36. The molecule has 1 aromatic heterocycles. The van der Waals surface area contributed by atoms with E-state index in [-0.39, 0.29) is 0 Å². The average molecular weight is 283 g/mol. The molecule has 1 aromatic carbocycles. The van der Waals surface area contributed by atoms with E-state index in [2.05, 4.69) is 4.98 Å². The van der Waals surface area contributed by atoms with Gasteiger partial charge in [-0.1, -0.05) is 23.2 Å². The van der Waals surface area contributed by atoms with Crippen LogP contribution in [0.1, 0.15) is 5.56 Å². The van der Waals surface area contributed by atoms with Gasteiger partial charge in [0.2, 0.25) is 0 Å². The van der Waals surface area contributed by atoms with E-state index < -0.39 is 0 Å². The van der Waals surface area contributed by atoms with Crippen molar-refractivity contribution in [2.45, 2.75) is 6.54 Å². The summed E-state index contributed by atoms with van der Waals surface area (Å²) in [6.45, 7) is 0.433. The van der Waals surface area contributed by atoms with Gasteiger partial charge in [-0.3, -0.25) is 4.98 Å². The van der Waals surface area contributed by atoms with E-state index >= 15 is 0 Å². The van der Waals surface area contributed by atoms with Crippen LogP contribution in [0.5, 0.6) is 5.75 Å². The first kappa shape index (κ1) is 13.1. The highest BCUT2D eigenvalue weighted by Crippen LogP contribution is 2.36. The van der Waals surface area contributed by atoms with Crippen LogP contribution in [0.3, 0.4) is 0 Å². The van der Waals surface area contributed by atoms with E-state index in [0.717, 1.165) is 16.7 Å². The maximum Gasteiger partial charge on any atom is 0.138 e. The first-order valence-corrected chi connectivity index (χ1v) is 6.08. The molecule has 2 N–H and O–H groups in total. The Balaban J connectivity index is 2.53. The SMILES string of the molecule is COc1cc(Cl)c(-c2cncc(CN)c2)cc1Cl. The Hall–Kier alpha value is -1.29. The van der Waals surface area contributed by atoms with E-state index in [1.807, 2.05) is 6.07 Å². The van der Waals surface area contributed by atoms with Crippen LogP contribution >= 0.6 is 23.2 Å². The van der Waals surface area contributed by atoms with Gasteiger partial charge in [0.1, 0.15) is 5.75 Å². The quantitative estimate of drug-likeness (QED) is 0.937. The van der Waals surface area contributed by atoms with E-state index in [4.69, 9.17) is 33.7 Å². The largest absolute Gasteiger partial charge is 0.495 e. The second-order valence-electron chi connectivity index (χ2n) is 3.75. The van der Waals surface area contributed by atoms with E-state index in [0.29, 0.717) is 22.3 Å². The van der Waals surface area contributed by atoms with Crippen LogP contribution < -0.4 is 10.5 Å². The number of nitrogens with zero attached hydrogens (tertiary/aromatic N) is 1. The summed E-state index contributed by atoms with van der Waals surface area (Å²) in [5.74, 6) is 0.549. The minimum atomic E-state index is 0.433. The number of benzene rings is 1. The predicted molar refractivity (Wildman–Crippen MR) is 74.1 cm³/mol. The van der Waals surface area contributed by atoms with Crippen molar-refractivity contribution in [3.8, 4) is 16.9 Å².